The van der Waals surface area contributed by atoms with Gasteiger partial charge in [0.05, 0.1) is 12.8 Å². The van der Waals surface area contributed by atoms with E-state index in [-0.39, 0.29) is 5.75 Å². The van der Waals surface area contributed by atoms with Crippen LogP contribution in [0.1, 0.15) is 105 Å². The Balaban J connectivity index is 2.09. The molecule has 0 aromatic heterocycles. The van der Waals surface area contributed by atoms with E-state index in [0.29, 0.717) is 16.7 Å². The van der Waals surface area contributed by atoms with Gasteiger partial charge in [0.1, 0.15) is 46.5 Å². The summed E-state index contributed by atoms with van der Waals surface area (Å²) in [5.74, 6) is -7.43. The van der Waals surface area contributed by atoms with Gasteiger partial charge in [-0.05, 0) is 85.4 Å². The molecule has 0 radical (unpaired) electrons. The fourth-order valence-electron chi connectivity index (χ4n) is 6.57. The van der Waals surface area contributed by atoms with Crippen LogP contribution in [0.15, 0.2) is 91.0 Å². The molecule has 0 saturated heterocycles. The van der Waals surface area contributed by atoms with E-state index in [1.165, 1.54) is 0 Å². The third kappa shape index (κ3) is 17.5. The lowest BCUT2D eigenvalue weighted by Gasteiger charge is -2.37. The predicted molar refractivity (Wildman–Crippen MR) is 248 cm³/mol. The summed E-state index contributed by atoms with van der Waals surface area (Å²) in [7, 11) is 0. The molecule has 0 aliphatic rings. The maximum atomic E-state index is 14.5. The van der Waals surface area contributed by atoms with Crippen molar-refractivity contribution >= 4 is 60.3 Å². The summed E-state index contributed by atoms with van der Waals surface area (Å²) < 4.78 is 16.3. The Hall–Kier alpha value is -6.43. The number of thiol groups is 1. The van der Waals surface area contributed by atoms with Crippen LogP contribution >= 0.6 is 12.6 Å². The Kier molecular flexibility index (Phi) is 19.3. The molecule has 5 amide bonds. The highest BCUT2D eigenvalue weighted by atomic mass is 32.1. The average Bonchev–Trinajstić information content (AvgIpc) is 3.21. The zero-order valence-corrected chi connectivity index (χ0v) is 39.8. The maximum Gasteiger partial charge on any atom is 0.408 e. The molecule has 0 spiro atoms. The number of carboxylic acids is 1. The zero-order chi connectivity index (χ0) is 49.5. The van der Waals surface area contributed by atoms with Crippen LogP contribution < -0.4 is 26.6 Å². The lowest BCUT2D eigenvalue weighted by atomic mass is 9.77. The van der Waals surface area contributed by atoms with Crippen molar-refractivity contribution in [2.75, 3.05) is 5.75 Å². The van der Waals surface area contributed by atoms with E-state index in [4.69, 9.17) is 14.2 Å². The van der Waals surface area contributed by atoms with Crippen LogP contribution in [0.3, 0.4) is 0 Å². The second-order valence-corrected chi connectivity index (χ2v) is 18.8. The fraction of sp³-hybridized carbons (Fsp3) is 0.458. The minimum absolute atomic E-state index is 0.325. The van der Waals surface area contributed by atoms with Gasteiger partial charge in [0, 0.05) is 12.2 Å². The number of ether oxygens (including phenoxy) is 3. The molecule has 18 heteroatoms. The van der Waals surface area contributed by atoms with E-state index in [9.17, 15) is 43.5 Å². The molecule has 0 heterocycles. The van der Waals surface area contributed by atoms with Gasteiger partial charge in [0.15, 0.2) is 0 Å². The normalized spacial score (nSPS) is 13.6. The minimum Gasteiger partial charge on any atom is -0.480 e. The summed E-state index contributed by atoms with van der Waals surface area (Å²) in [5, 5.41) is 22.3. The molecule has 66 heavy (non-hydrogen) atoms. The highest BCUT2D eigenvalue weighted by molar-refractivity contribution is 7.80. The topological polar surface area (TPSA) is 245 Å². The molecule has 6 N–H and O–H groups in total. The van der Waals surface area contributed by atoms with Crippen molar-refractivity contribution in [1.82, 2.24) is 26.6 Å². The van der Waals surface area contributed by atoms with Crippen molar-refractivity contribution in [2.24, 2.45) is 0 Å². The third-order valence-corrected chi connectivity index (χ3v) is 9.62. The number of alkyl carbamates (subject to hydrolysis) is 1. The van der Waals surface area contributed by atoms with Crippen molar-refractivity contribution in [2.45, 2.75) is 135 Å². The summed E-state index contributed by atoms with van der Waals surface area (Å²) in [6.07, 6.45) is -3.42. The number of aliphatic carboxylic acids is 1. The summed E-state index contributed by atoms with van der Waals surface area (Å²) in [5.41, 5.74) is -2.31. The van der Waals surface area contributed by atoms with Crippen LogP contribution in [0, 0.1) is 0 Å². The number of esters is 2. The highest BCUT2D eigenvalue weighted by Crippen LogP contribution is 2.37. The Morgan fingerprint density at radius 2 is 0.894 bits per heavy atom. The Labute approximate surface area is 391 Å². The second-order valence-electron chi connectivity index (χ2n) is 18.4. The van der Waals surface area contributed by atoms with E-state index in [2.05, 4.69) is 39.2 Å². The van der Waals surface area contributed by atoms with Crippen molar-refractivity contribution < 1.29 is 57.7 Å². The molecule has 0 bridgehead atoms. The molecular weight excluding hydrogens is 871 g/mol. The quantitative estimate of drug-likeness (QED) is 0.0353. The number of nitrogens with one attached hydrogen (secondary N) is 5. The first-order chi connectivity index (χ1) is 30.7. The Morgan fingerprint density at radius 3 is 1.30 bits per heavy atom. The minimum atomic E-state index is -1.83. The van der Waals surface area contributed by atoms with Gasteiger partial charge in [-0.25, -0.2) is 9.59 Å². The Morgan fingerprint density at radius 1 is 0.515 bits per heavy atom. The predicted octanol–water partition coefficient (Wildman–Crippen LogP) is 4.70. The first-order valence-corrected chi connectivity index (χ1v) is 22.0. The van der Waals surface area contributed by atoms with E-state index in [1.807, 2.05) is 91.0 Å². The molecule has 358 valence electrons. The van der Waals surface area contributed by atoms with Crippen LogP contribution in [0.2, 0.25) is 0 Å². The van der Waals surface area contributed by atoms with Crippen LogP contribution in [0.5, 0.6) is 0 Å². The number of carboxylic acid groups (broad SMARTS) is 1. The van der Waals surface area contributed by atoms with E-state index in [0.717, 1.165) is 0 Å². The van der Waals surface area contributed by atoms with Crippen molar-refractivity contribution in [3.05, 3.63) is 108 Å². The standard InChI is InChI=1S/C48H63N5O12S/c1-45(2,3)63-38(55)26-25-33(40(57)51-36(29-66)43(60)61)49-42(59)35(28-39(56)64-46(4,5)6)50-41(58)34(52-44(62)65-47(7,8)9)27-37(54)53-48(30-19-13-10-14-20-30,31-21-15-11-16-22-31)32-23-17-12-18-24-32/h10-24,33-36,66H,25-29H2,1-9H3,(H,49,59)(H,50,58)(H,51,57)(H,52,62)(H,53,54)(H,60,61)/t33-,34-,35-,36-/m0/s1. The molecule has 0 saturated carbocycles. The molecule has 0 unspecified atom stereocenters. The van der Waals surface area contributed by atoms with Crippen molar-refractivity contribution in [3.8, 4) is 0 Å². The number of hydrogen-bond donors (Lipinski definition) is 7. The van der Waals surface area contributed by atoms with Gasteiger partial charge in [0.25, 0.3) is 0 Å². The van der Waals surface area contributed by atoms with Gasteiger partial charge < -0.3 is 45.9 Å². The number of amides is 5. The SMILES string of the molecule is CC(C)(C)OC(=O)CC[C@H](NC(=O)[C@H](CC(=O)OC(C)(C)C)NC(=O)[C@H](CC(=O)NC(c1ccccc1)(c1ccccc1)c1ccccc1)NC(=O)OC(C)(C)C)C(=O)N[C@@H](CS)C(=O)O. The van der Waals surface area contributed by atoms with Crippen LogP contribution in [-0.2, 0) is 53.3 Å². The fourth-order valence-corrected chi connectivity index (χ4v) is 6.82. The lowest BCUT2D eigenvalue weighted by molar-refractivity contribution is -0.157. The van der Waals surface area contributed by atoms with Gasteiger partial charge in [-0.3, -0.25) is 28.8 Å². The number of rotatable bonds is 20. The molecule has 3 aromatic carbocycles. The molecule has 0 fully saturated rings. The molecule has 0 aliphatic heterocycles. The molecule has 4 atom stereocenters. The monoisotopic (exact) mass is 933 g/mol. The summed E-state index contributed by atoms with van der Waals surface area (Å²) in [4.78, 5) is 108. The van der Waals surface area contributed by atoms with E-state index in [1.54, 1.807) is 62.3 Å². The first kappa shape index (κ1) is 53.9. The number of hydrogen-bond acceptors (Lipinski definition) is 12. The number of carbonyl (C=O) groups is 8. The molecule has 17 nitrogen and oxygen atoms in total. The molecule has 3 rings (SSSR count). The average molecular weight is 934 g/mol. The largest absolute Gasteiger partial charge is 0.480 e. The molecule has 0 aliphatic carbocycles. The van der Waals surface area contributed by atoms with Gasteiger partial charge in [-0.2, -0.15) is 12.6 Å². The summed E-state index contributed by atoms with van der Waals surface area (Å²) in [6, 6.07) is 20.7. The second kappa shape index (κ2) is 23.7. The number of benzene rings is 3. The summed E-state index contributed by atoms with van der Waals surface area (Å²) >= 11 is 3.99. The Bertz CT molecular complexity index is 2060. The van der Waals surface area contributed by atoms with E-state index < -0.39 is 120 Å². The smallest absolute Gasteiger partial charge is 0.408 e. The van der Waals surface area contributed by atoms with Crippen molar-refractivity contribution in [3.63, 3.8) is 0 Å². The van der Waals surface area contributed by atoms with E-state index >= 15 is 0 Å². The van der Waals surface area contributed by atoms with Gasteiger partial charge in [0.2, 0.25) is 23.6 Å². The van der Waals surface area contributed by atoms with Gasteiger partial charge >= 0.3 is 24.0 Å². The summed E-state index contributed by atoms with van der Waals surface area (Å²) in [6.45, 7) is 14.4. The van der Waals surface area contributed by atoms with Crippen molar-refractivity contribution in [1.29, 1.82) is 0 Å². The van der Waals surface area contributed by atoms with Crippen LogP contribution in [0.4, 0.5) is 4.79 Å². The van der Waals surface area contributed by atoms with Gasteiger partial charge in [-0.15, -0.1) is 0 Å². The number of carbonyl (C=O) groups excluding carboxylic acids is 7. The zero-order valence-electron chi connectivity index (χ0n) is 38.9. The molecule has 3 aromatic rings. The van der Waals surface area contributed by atoms with Gasteiger partial charge in [-0.1, -0.05) is 91.0 Å². The maximum absolute atomic E-state index is 14.5. The van der Waals surface area contributed by atoms with Crippen LogP contribution in [0.25, 0.3) is 0 Å². The molecular formula is C48H63N5O12S. The van der Waals surface area contributed by atoms with Crippen LogP contribution in [-0.4, -0.2) is 99.5 Å². The highest BCUT2D eigenvalue weighted by Gasteiger charge is 2.40. The third-order valence-electron chi connectivity index (χ3n) is 9.26. The first-order valence-electron chi connectivity index (χ1n) is 21.4. The lowest BCUT2D eigenvalue weighted by Crippen LogP contribution is -2.59.